The topological polar surface area (TPSA) is 90.1 Å². The van der Waals surface area contributed by atoms with E-state index in [9.17, 15) is 13.6 Å². The number of carbonyl (C=O) groups excluding carboxylic acids is 1. The van der Waals surface area contributed by atoms with Crippen LogP contribution in [0.3, 0.4) is 0 Å². The average molecular weight is 396 g/mol. The SMILES string of the molecule is COc1ccc(-c2cc(F)ccc2C2Cc3nc(N)nc(C)c3C(=O)N2)cc1F. The molecule has 29 heavy (non-hydrogen) atoms. The van der Waals surface area contributed by atoms with Gasteiger partial charge < -0.3 is 15.8 Å². The first-order valence-electron chi connectivity index (χ1n) is 8.94. The van der Waals surface area contributed by atoms with Gasteiger partial charge in [-0.05, 0) is 47.9 Å². The highest BCUT2D eigenvalue weighted by molar-refractivity contribution is 5.98. The molecule has 6 nitrogen and oxygen atoms in total. The van der Waals surface area contributed by atoms with Gasteiger partial charge in [-0.1, -0.05) is 12.1 Å². The number of hydrogen-bond acceptors (Lipinski definition) is 5. The molecule has 1 amide bonds. The summed E-state index contributed by atoms with van der Waals surface area (Å²) in [6.45, 7) is 1.69. The summed E-state index contributed by atoms with van der Waals surface area (Å²) in [6, 6.07) is 8.12. The van der Waals surface area contributed by atoms with Crippen molar-refractivity contribution in [1.29, 1.82) is 0 Å². The Morgan fingerprint density at radius 2 is 1.97 bits per heavy atom. The Labute approximate surface area is 165 Å². The molecule has 0 fully saturated rings. The van der Waals surface area contributed by atoms with E-state index in [1.54, 1.807) is 19.1 Å². The lowest BCUT2D eigenvalue weighted by Crippen LogP contribution is -2.37. The van der Waals surface area contributed by atoms with Crippen molar-refractivity contribution >= 4 is 11.9 Å². The molecule has 0 radical (unpaired) electrons. The number of nitrogens with zero attached hydrogens (tertiary/aromatic N) is 2. The molecule has 2 heterocycles. The third-order valence-electron chi connectivity index (χ3n) is 4.97. The van der Waals surface area contributed by atoms with Gasteiger partial charge in [0.2, 0.25) is 5.95 Å². The van der Waals surface area contributed by atoms with Gasteiger partial charge in [-0.15, -0.1) is 0 Å². The molecule has 0 bridgehead atoms. The molecule has 1 aliphatic rings. The maximum absolute atomic E-state index is 14.2. The van der Waals surface area contributed by atoms with Crippen molar-refractivity contribution in [2.45, 2.75) is 19.4 Å². The Balaban J connectivity index is 1.80. The number of nitrogens with one attached hydrogen (secondary N) is 1. The number of methoxy groups -OCH3 is 1. The summed E-state index contributed by atoms with van der Waals surface area (Å²) in [6.07, 6.45) is 0.353. The summed E-state index contributed by atoms with van der Waals surface area (Å²) in [7, 11) is 1.37. The Kier molecular flexibility index (Phi) is 4.62. The number of fused-ring (bicyclic) bond motifs is 1. The zero-order chi connectivity index (χ0) is 20.7. The van der Waals surface area contributed by atoms with Crippen LogP contribution in [0.25, 0.3) is 11.1 Å². The van der Waals surface area contributed by atoms with Crippen molar-refractivity contribution in [3.05, 3.63) is 70.5 Å². The van der Waals surface area contributed by atoms with E-state index in [1.165, 1.54) is 31.4 Å². The number of rotatable bonds is 3. The van der Waals surface area contributed by atoms with Crippen molar-refractivity contribution in [3.8, 4) is 16.9 Å². The van der Waals surface area contributed by atoms with E-state index in [2.05, 4.69) is 15.3 Å². The normalized spacial score (nSPS) is 15.6. The van der Waals surface area contributed by atoms with E-state index in [1.807, 2.05) is 0 Å². The van der Waals surface area contributed by atoms with Gasteiger partial charge in [-0.25, -0.2) is 18.7 Å². The number of halogens is 2. The lowest BCUT2D eigenvalue weighted by molar-refractivity contribution is 0.0922. The van der Waals surface area contributed by atoms with Gasteiger partial charge in [0.15, 0.2) is 11.6 Å². The van der Waals surface area contributed by atoms with Crippen molar-refractivity contribution in [2.24, 2.45) is 0 Å². The van der Waals surface area contributed by atoms with Crippen LogP contribution >= 0.6 is 0 Å². The summed E-state index contributed by atoms with van der Waals surface area (Å²) in [4.78, 5) is 20.9. The summed E-state index contributed by atoms with van der Waals surface area (Å²) in [5.74, 6) is -1.18. The second-order valence-corrected chi connectivity index (χ2v) is 6.80. The van der Waals surface area contributed by atoms with E-state index in [-0.39, 0.29) is 17.6 Å². The van der Waals surface area contributed by atoms with Crippen LogP contribution in [0.5, 0.6) is 5.75 Å². The monoisotopic (exact) mass is 396 g/mol. The summed E-state index contributed by atoms with van der Waals surface area (Å²) in [5.41, 5.74) is 8.75. The van der Waals surface area contributed by atoms with Crippen molar-refractivity contribution in [1.82, 2.24) is 15.3 Å². The number of amides is 1. The minimum atomic E-state index is -0.561. The first kappa shape index (κ1) is 18.8. The largest absolute Gasteiger partial charge is 0.494 e. The standard InChI is InChI=1S/C21H18F2N4O2/c1-10-19-17(27-21(24)25-10)9-16(26-20(19)28)13-5-4-12(22)8-14(13)11-3-6-18(29-2)15(23)7-11/h3-8,16H,9H2,1-2H3,(H,26,28)(H2,24,25,27). The maximum Gasteiger partial charge on any atom is 0.255 e. The zero-order valence-corrected chi connectivity index (χ0v) is 15.8. The number of nitrogen functional groups attached to an aromatic ring is 1. The molecular weight excluding hydrogens is 378 g/mol. The van der Waals surface area contributed by atoms with E-state index in [0.717, 1.165) is 0 Å². The van der Waals surface area contributed by atoms with Crippen LogP contribution in [0, 0.1) is 18.6 Å². The van der Waals surface area contributed by atoms with Crippen molar-refractivity contribution in [3.63, 3.8) is 0 Å². The van der Waals surface area contributed by atoms with Gasteiger partial charge in [0, 0.05) is 6.42 Å². The van der Waals surface area contributed by atoms with Gasteiger partial charge in [-0.2, -0.15) is 0 Å². The molecule has 0 aliphatic carbocycles. The van der Waals surface area contributed by atoms with Gasteiger partial charge in [0.05, 0.1) is 30.1 Å². The zero-order valence-electron chi connectivity index (χ0n) is 15.8. The minimum Gasteiger partial charge on any atom is -0.494 e. The van der Waals surface area contributed by atoms with Crippen LogP contribution in [0.15, 0.2) is 36.4 Å². The van der Waals surface area contributed by atoms with E-state index in [0.29, 0.717) is 40.1 Å². The van der Waals surface area contributed by atoms with Gasteiger partial charge in [0.25, 0.3) is 5.91 Å². The van der Waals surface area contributed by atoms with Crippen molar-refractivity contribution < 1.29 is 18.3 Å². The third kappa shape index (κ3) is 3.37. The smallest absolute Gasteiger partial charge is 0.255 e. The maximum atomic E-state index is 14.2. The molecule has 0 saturated carbocycles. The van der Waals surface area contributed by atoms with Gasteiger partial charge >= 0.3 is 0 Å². The molecule has 3 N–H and O–H groups in total. The molecule has 8 heteroatoms. The number of aryl methyl sites for hydroxylation is 1. The fraction of sp³-hybridized carbons (Fsp3) is 0.190. The fourth-order valence-electron chi connectivity index (χ4n) is 3.68. The summed E-state index contributed by atoms with van der Waals surface area (Å²) < 4.78 is 33.2. The third-order valence-corrected chi connectivity index (χ3v) is 4.97. The van der Waals surface area contributed by atoms with Crippen LogP contribution < -0.4 is 15.8 Å². The molecule has 0 spiro atoms. The number of anilines is 1. The predicted molar refractivity (Wildman–Crippen MR) is 103 cm³/mol. The minimum absolute atomic E-state index is 0.0891. The van der Waals surface area contributed by atoms with E-state index < -0.39 is 17.7 Å². The number of hydrogen-bond donors (Lipinski definition) is 2. The highest BCUT2D eigenvalue weighted by atomic mass is 19.1. The lowest BCUT2D eigenvalue weighted by Gasteiger charge is -2.28. The molecule has 1 unspecified atom stereocenters. The summed E-state index contributed by atoms with van der Waals surface area (Å²) in [5, 5.41) is 2.92. The second-order valence-electron chi connectivity index (χ2n) is 6.80. The Morgan fingerprint density at radius 1 is 1.17 bits per heavy atom. The molecule has 1 atom stereocenters. The van der Waals surface area contributed by atoms with Crippen molar-refractivity contribution in [2.75, 3.05) is 12.8 Å². The number of carbonyl (C=O) groups is 1. The van der Waals surface area contributed by atoms with E-state index in [4.69, 9.17) is 10.5 Å². The number of nitrogens with two attached hydrogens (primary N) is 1. The quantitative estimate of drug-likeness (QED) is 0.709. The Morgan fingerprint density at radius 3 is 2.69 bits per heavy atom. The predicted octanol–water partition coefficient (Wildman–Crippen LogP) is 3.35. The molecule has 1 aromatic heterocycles. The number of ether oxygens (including phenoxy) is 1. The lowest BCUT2D eigenvalue weighted by atomic mass is 9.89. The average Bonchev–Trinajstić information content (AvgIpc) is 2.66. The summed E-state index contributed by atoms with van der Waals surface area (Å²) >= 11 is 0. The number of aromatic nitrogens is 2. The Bertz CT molecular complexity index is 1130. The van der Waals surface area contributed by atoms with Gasteiger partial charge in [-0.3, -0.25) is 4.79 Å². The second kappa shape index (κ2) is 7.12. The highest BCUT2D eigenvalue weighted by Crippen LogP contribution is 2.35. The fourth-order valence-corrected chi connectivity index (χ4v) is 3.68. The molecular formula is C21H18F2N4O2. The Hall–Kier alpha value is -3.55. The van der Waals surface area contributed by atoms with Crippen LogP contribution in [0.4, 0.5) is 14.7 Å². The number of benzene rings is 2. The van der Waals surface area contributed by atoms with E-state index >= 15 is 0 Å². The van der Waals surface area contributed by atoms with Crippen LogP contribution in [-0.4, -0.2) is 23.0 Å². The van der Waals surface area contributed by atoms with Crippen LogP contribution in [-0.2, 0) is 6.42 Å². The molecule has 4 rings (SSSR count). The molecule has 0 saturated heterocycles. The molecule has 2 aromatic carbocycles. The van der Waals surface area contributed by atoms with Gasteiger partial charge in [0.1, 0.15) is 5.82 Å². The first-order chi connectivity index (χ1) is 13.9. The molecule has 1 aliphatic heterocycles. The van der Waals surface area contributed by atoms with Crippen LogP contribution in [0.2, 0.25) is 0 Å². The van der Waals surface area contributed by atoms with Crippen LogP contribution in [0.1, 0.15) is 33.4 Å². The molecule has 148 valence electrons. The molecule has 3 aromatic rings. The first-order valence-corrected chi connectivity index (χ1v) is 8.94. The highest BCUT2D eigenvalue weighted by Gasteiger charge is 2.30.